The first-order valence-corrected chi connectivity index (χ1v) is 3.55. The highest BCUT2D eigenvalue weighted by atomic mass is 19.1. The molecule has 0 aliphatic heterocycles. The zero-order chi connectivity index (χ0) is 7.90. The molecule has 1 aliphatic carbocycles. The number of hydrogen-bond donors (Lipinski definition) is 1. The lowest BCUT2D eigenvalue weighted by atomic mass is 10.1. The molecule has 0 amide bonds. The second-order valence-electron chi connectivity index (χ2n) is 2.90. The zero-order valence-electron chi connectivity index (χ0n) is 5.92. The fraction of sp³-hybridized carbons (Fsp3) is 0.375. The van der Waals surface area contributed by atoms with Crippen LogP contribution in [0.15, 0.2) is 18.3 Å². The van der Waals surface area contributed by atoms with Gasteiger partial charge in [-0.05, 0) is 30.5 Å². The molecule has 1 saturated carbocycles. The van der Waals surface area contributed by atoms with Gasteiger partial charge in [-0.15, -0.1) is 0 Å². The van der Waals surface area contributed by atoms with Crippen LogP contribution in [0.4, 0.5) is 4.39 Å². The van der Waals surface area contributed by atoms with Gasteiger partial charge in [0.25, 0.3) is 0 Å². The molecule has 0 bridgehead atoms. The van der Waals surface area contributed by atoms with E-state index in [0.29, 0.717) is 5.56 Å². The molecule has 1 aromatic heterocycles. The molecule has 1 heterocycles. The first-order valence-electron chi connectivity index (χ1n) is 3.55. The summed E-state index contributed by atoms with van der Waals surface area (Å²) in [6.07, 6.45) is 2.84. The van der Waals surface area contributed by atoms with Crippen molar-refractivity contribution in [3.05, 3.63) is 29.8 Å². The number of aromatic nitrogens is 1. The van der Waals surface area contributed by atoms with Crippen LogP contribution < -0.4 is 0 Å². The molecular formula is C8H8FNO. The topological polar surface area (TPSA) is 33.1 Å². The molecule has 11 heavy (non-hydrogen) atoms. The van der Waals surface area contributed by atoms with E-state index in [4.69, 9.17) is 0 Å². The van der Waals surface area contributed by atoms with Crippen molar-refractivity contribution in [1.29, 1.82) is 0 Å². The molecule has 3 heteroatoms. The Morgan fingerprint density at radius 2 is 2.27 bits per heavy atom. The van der Waals surface area contributed by atoms with Crippen molar-refractivity contribution in [3.8, 4) is 0 Å². The minimum Gasteiger partial charge on any atom is -0.385 e. The highest BCUT2D eigenvalue weighted by Crippen LogP contribution is 2.44. The summed E-state index contributed by atoms with van der Waals surface area (Å²) in [6.45, 7) is 0. The molecule has 0 saturated heterocycles. The Morgan fingerprint density at radius 3 is 2.82 bits per heavy atom. The zero-order valence-corrected chi connectivity index (χ0v) is 5.92. The van der Waals surface area contributed by atoms with Crippen LogP contribution in [-0.2, 0) is 5.60 Å². The van der Waals surface area contributed by atoms with Crippen molar-refractivity contribution in [2.75, 3.05) is 0 Å². The van der Waals surface area contributed by atoms with Crippen molar-refractivity contribution in [3.63, 3.8) is 0 Å². The molecule has 0 radical (unpaired) electrons. The van der Waals surface area contributed by atoms with Crippen molar-refractivity contribution < 1.29 is 9.50 Å². The third-order valence-corrected chi connectivity index (χ3v) is 1.99. The van der Waals surface area contributed by atoms with Gasteiger partial charge in [0.15, 0.2) is 0 Å². The Balaban J connectivity index is 2.38. The van der Waals surface area contributed by atoms with E-state index in [-0.39, 0.29) is 0 Å². The summed E-state index contributed by atoms with van der Waals surface area (Å²) in [5.41, 5.74) is -0.103. The maximum absolute atomic E-state index is 12.5. The standard InChI is InChI=1S/C8H8FNO/c9-7-5-6(1-4-10-7)8(11)2-3-8/h1,4-5,11H,2-3H2. The maximum atomic E-state index is 12.5. The molecule has 1 fully saturated rings. The lowest BCUT2D eigenvalue weighted by molar-refractivity contribution is 0.151. The minimum absolute atomic E-state index is 0.525. The van der Waals surface area contributed by atoms with Gasteiger partial charge in [0.2, 0.25) is 5.95 Å². The van der Waals surface area contributed by atoms with E-state index in [1.54, 1.807) is 6.07 Å². The average molecular weight is 153 g/mol. The highest BCUT2D eigenvalue weighted by Gasteiger charge is 2.42. The summed E-state index contributed by atoms with van der Waals surface area (Å²) in [7, 11) is 0. The van der Waals surface area contributed by atoms with E-state index in [2.05, 4.69) is 4.98 Å². The van der Waals surface area contributed by atoms with Crippen molar-refractivity contribution >= 4 is 0 Å². The van der Waals surface area contributed by atoms with Gasteiger partial charge in [-0.3, -0.25) is 0 Å². The van der Waals surface area contributed by atoms with E-state index in [1.165, 1.54) is 12.3 Å². The number of nitrogens with zero attached hydrogens (tertiary/aromatic N) is 1. The third-order valence-electron chi connectivity index (χ3n) is 1.99. The minimum atomic E-state index is -0.746. The maximum Gasteiger partial charge on any atom is 0.213 e. The lowest BCUT2D eigenvalue weighted by Crippen LogP contribution is -2.04. The molecule has 0 unspecified atom stereocenters. The van der Waals surface area contributed by atoms with Crippen molar-refractivity contribution in [2.45, 2.75) is 18.4 Å². The number of aliphatic hydroxyl groups is 1. The lowest BCUT2D eigenvalue weighted by Gasteiger charge is -2.05. The van der Waals surface area contributed by atoms with E-state index < -0.39 is 11.5 Å². The first-order chi connectivity index (χ1) is 5.21. The second kappa shape index (κ2) is 2.01. The van der Waals surface area contributed by atoms with E-state index in [9.17, 15) is 9.50 Å². The number of rotatable bonds is 1. The van der Waals surface area contributed by atoms with Crippen LogP contribution in [0, 0.1) is 5.95 Å². The van der Waals surface area contributed by atoms with Gasteiger partial charge in [0, 0.05) is 6.20 Å². The summed E-state index contributed by atoms with van der Waals surface area (Å²) in [5, 5.41) is 9.53. The second-order valence-corrected chi connectivity index (χ2v) is 2.90. The van der Waals surface area contributed by atoms with Crippen molar-refractivity contribution in [1.82, 2.24) is 4.98 Å². The van der Waals surface area contributed by atoms with Crippen LogP contribution in [0.5, 0.6) is 0 Å². The van der Waals surface area contributed by atoms with Gasteiger partial charge in [0.05, 0.1) is 5.60 Å². The largest absolute Gasteiger partial charge is 0.385 e. The van der Waals surface area contributed by atoms with Gasteiger partial charge >= 0.3 is 0 Å². The third kappa shape index (κ3) is 1.12. The Hall–Kier alpha value is -0.960. The molecule has 2 nitrogen and oxygen atoms in total. The van der Waals surface area contributed by atoms with E-state index in [0.717, 1.165) is 12.8 Å². The van der Waals surface area contributed by atoms with Gasteiger partial charge < -0.3 is 5.11 Å². The SMILES string of the molecule is OC1(c2ccnc(F)c2)CC1. The summed E-state index contributed by atoms with van der Waals surface area (Å²) in [5.74, 6) is -0.525. The number of hydrogen-bond acceptors (Lipinski definition) is 2. The molecule has 2 rings (SSSR count). The Morgan fingerprint density at radius 1 is 1.55 bits per heavy atom. The predicted molar refractivity (Wildman–Crippen MR) is 37.3 cm³/mol. The van der Waals surface area contributed by atoms with Crippen LogP contribution in [0.25, 0.3) is 0 Å². The monoisotopic (exact) mass is 153 g/mol. The van der Waals surface area contributed by atoms with Crippen LogP contribution >= 0.6 is 0 Å². The van der Waals surface area contributed by atoms with E-state index >= 15 is 0 Å². The number of pyridine rings is 1. The Bertz CT molecular complexity index is 283. The van der Waals surface area contributed by atoms with E-state index in [1.807, 2.05) is 0 Å². The molecule has 0 aromatic carbocycles. The van der Waals surface area contributed by atoms with Crippen molar-refractivity contribution in [2.24, 2.45) is 0 Å². The van der Waals surface area contributed by atoms with Crippen LogP contribution in [0.1, 0.15) is 18.4 Å². The molecule has 1 aromatic rings. The molecule has 0 spiro atoms. The van der Waals surface area contributed by atoms with Gasteiger partial charge in [-0.1, -0.05) is 0 Å². The molecular weight excluding hydrogens is 145 g/mol. The summed E-state index contributed by atoms with van der Waals surface area (Å²) >= 11 is 0. The number of halogens is 1. The molecule has 1 N–H and O–H groups in total. The van der Waals surface area contributed by atoms with Gasteiger partial charge in [-0.25, -0.2) is 4.98 Å². The predicted octanol–water partition coefficient (Wildman–Crippen LogP) is 1.20. The molecule has 0 atom stereocenters. The average Bonchev–Trinajstić information content (AvgIpc) is 2.70. The van der Waals surface area contributed by atoms with Gasteiger partial charge in [0.1, 0.15) is 0 Å². The van der Waals surface area contributed by atoms with Crippen LogP contribution in [0.3, 0.4) is 0 Å². The summed E-state index contributed by atoms with van der Waals surface area (Å²) in [4.78, 5) is 3.40. The Kier molecular flexibility index (Phi) is 1.23. The fourth-order valence-electron chi connectivity index (χ4n) is 1.10. The summed E-state index contributed by atoms with van der Waals surface area (Å²) < 4.78 is 12.5. The highest BCUT2D eigenvalue weighted by molar-refractivity contribution is 5.24. The van der Waals surface area contributed by atoms with Gasteiger partial charge in [-0.2, -0.15) is 4.39 Å². The first kappa shape index (κ1) is 6.73. The quantitative estimate of drug-likeness (QED) is 0.615. The normalized spacial score (nSPS) is 19.8. The van der Waals surface area contributed by atoms with Crippen LogP contribution in [0.2, 0.25) is 0 Å². The molecule has 58 valence electrons. The molecule has 1 aliphatic rings. The fourth-order valence-corrected chi connectivity index (χ4v) is 1.10. The Labute approximate surface area is 63.7 Å². The smallest absolute Gasteiger partial charge is 0.213 e. The summed E-state index contributed by atoms with van der Waals surface area (Å²) in [6, 6.07) is 2.93. The van der Waals surface area contributed by atoms with Crippen LogP contribution in [-0.4, -0.2) is 10.1 Å².